The van der Waals surface area contributed by atoms with Gasteiger partial charge in [0.15, 0.2) is 0 Å². The first kappa shape index (κ1) is 15.3. The molecule has 0 radical (unpaired) electrons. The molecule has 0 amide bonds. The number of aromatic amines is 1. The van der Waals surface area contributed by atoms with Gasteiger partial charge < -0.3 is 10.3 Å². The largest absolute Gasteiger partial charge is 0.378 e. The first-order chi connectivity index (χ1) is 13.2. The minimum atomic E-state index is -0.434. The lowest BCUT2D eigenvalue weighted by atomic mass is 9.67. The average Bonchev–Trinajstić information content (AvgIpc) is 3.43. The topological polar surface area (TPSA) is 51.6 Å². The van der Waals surface area contributed by atoms with Crippen molar-refractivity contribution in [2.24, 2.45) is 17.8 Å². The van der Waals surface area contributed by atoms with Crippen molar-refractivity contribution >= 4 is 16.6 Å². The highest BCUT2D eigenvalue weighted by molar-refractivity contribution is 5.89. The van der Waals surface area contributed by atoms with Crippen LogP contribution in [-0.4, -0.2) is 4.98 Å². The molecule has 2 saturated carbocycles. The summed E-state index contributed by atoms with van der Waals surface area (Å²) in [5.41, 5.74) is 5.04. The normalized spacial score (nSPS) is 30.6. The number of nitriles is 1. The maximum absolute atomic E-state index is 13.9. The summed E-state index contributed by atoms with van der Waals surface area (Å²) in [6, 6.07) is 13.7. The molecule has 0 unspecified atom stereocenters. The standard InChI is InChI=1S/C23H20FN3/c24-17-4-3-14(10-15(17)11-25)23-21-13-2-1-12(9-13)20(21)22-16-7-8-26-18(16)5-6-19(22)27-23/h3-8,10,12-13,20-21,23,26-27H,1-2,9H2/t12-,13+,20+,21-,23+/m1/s1. The first-order valence-electron chi connectivity index (χ1n) is 9.80. The molecule has 1 aromatic heterocycles. The first-order valence-corrected chi connectivity index (χ1v) is 9.80. The van der Waals surface area contributed by atoms with Crippen molar-refractivity contribution in [3.63, 3.8) is 0 Å². The fourth-order valence-corrected chi connectivity index (χ4v) is 6.28. The molecule has 0 spiro atoms. The Kier molecular flexibility index (Phi) is 3.03. The van der Waals surface area contributed by atoms with Crippen LogP contribution in [0.2, 0.25) is 0 Å². The molecule has 2 N–H and O–H groups in total. The second-order valence-corrected chi connectivity index (χ2v) is 8.38. The van der Waals surface area contributed by atoms with Crippen molar-refractivity contribution in [1.29, 1.82) is 5.26 Å². The van der Waals surface area contributed by atoms with E-state index in [0.29, 0.717) is 17.8 Å². The molecular formula is C23H20FN3. The van der Waals surface area contributed by atoms with E-state index in [2.05, 4.69) is 28.5 Å². The van der Waals surface area contributed by atoms with Gasteiger partial charge in [0.05, 0.1) is 11.6 Å². The summed E-state index contributed by atoms with van der Waals surface area (Å²) < 4.78 is 13.9. The molecule has 2 aromatic carbocycles. The number of nitrogens with one attached hydrogen (secondary N) is 2. The predicted molar refractivity (Wildman–Crippen MR) is 103 cm³/mol. The molecule has 6 rings (SSSR count). The van der Waals surface area contributed by atoms with Crippen molar-refractivity contribution in [2.45, 2.75) is 31.2 Å². The predicted octanol–water partition coefficient (Wildman–Crippen LogP) is 5.48. The number of H-pyrrole nitrogens is 1. The van der Waals surface area contributed by atoms with E-state index in [0.717, 1.165) is 11.5 Å². The van der Waals surface area contributed by atoms with E-state index in [9.17, 15) is 9.65 Å². The highest BCUT2D eigenvalue weighted by Gasteiger charge is 2.54. The number of halogens is 1. The Hall–Kier alpha value is -2.80. The number of hydrogen-bond donors (Lipinski definition) is 2. The molecule has 3 aromatic rings. The van der Waals surface area contributed by atoms with Crippen LogP contribution in [0.25, 0.3) is 10.9 Å². The molecule has 1 aliphatic heterocycles. The molecular weight excluding hydrogens is 337 g/mol. The molecule has 4 heteroatoms. The van der Waals surface area contributed by atoms with Gasteiger partial charge >= 0.3 is 0 Å². The van der Waals surface area contributed by atoms with E-state index in [1.54, 1.807) is 6.07 Å². The lowest BCUT2D eigenvalue weighted by molar-refractivity contribution is 0.249. The van der Waals surface area contributed by atoms with E-state index in [-0.39, 0.29) is 11.6 Å². The summed E-state index contributed by atoms with van der Waals surface area (Å²) in [5, 5.41) is 14.4. The molecule has 27 heavy (non-hydrogen) atoms. The molecule has 0 saturated heterocycles. The maximum Gasteiger partial charge on any atom is 0.140 e. The zero-order valence-electron chi connectivity index (χ0n) is 14.9. The monoisotopic (exact) mass is 357 g/mol. The molecule has 3 aliphatic rings. The van der Waals surface area contributed by atoms with Gasteiger partial charge in [-0.05, 0) is 84.4 Å². The highest BCUT2D eigenvalue weighted by atomic mass is 19.1. The van der Waals surface area contributed by atoms with Gasteiger partial charge in [-0.25, -0.2) is 4.39 Å². The molecule has 2 aliphatic carbocycles. The fourth-order valence-electron chi connectivity index (χ4n) is 6.28. The second kappa shape index (κ2) is 5.36. The third kappa shape index (κ3) is 2.00. The highest BCUT2D eigenvalue weighted by Crippen LogP contribution is 2.64. The lowest BCUT2D eigenvalue weighted by Crippen LogP contribution is -2.35. The van der Waals surface area contributed by atoms with Gasteiger partial charge in [0.1, 0.15) is 11.9 Å². The number of anilines is 1. The summed E-state index contributed by atoms with van der Waals surface area (Å²) in [6.07, 6.45) is 5.92. The van der Waals surface area contributed by atoms with Crippen LogP contribution in [0.4, 0.5) is 10.1 Å². The van der Waals surface area contributed by atoms with E-state index in [4.69, 9.17) is 0 Å². The van der Waals surface area contributed by atoms with Crippen LogP contribution < -0.4 is 5.32 Å². The molecule has 134 valence electrons. The second-order valence-electron chi connectivity index (χ2n) is 8.38. The van der Waals surface area contributed by atoms with Crippen LogP contribution in [-0.2, 0) is 0 Å². The number of aromatic nitrogens is 1. The van der Waals surface area contributed by atoms with Crippen LogP contribution in [0, 0.1) is 34.9 Å². The Labute approximate surface area is 157 Å². The van der Waals surface area contributed by atoms with Crippen LogP contribution in [0.5, 0.6) is 0 Å². The minimum Gasteiger partial charge on any atom is -0.378 e. The number of fused-ring (bicyclic) bond motifs is 9. The van der Waals surface area contributed by atoms with E-state index in [1.165, 1.54) is 47.5 Å². The molecule has 2 fully saturated rings. The van der Waals surface area contributed by atoms with Crippen molar-refractivity contribution in [3.8, 4) is 6.07 Å². The van der Waals surface area contributed by atoms with E-state index >= 15 is 0 Å². The molecule has 3 nitrogen and oxygen atoms in total. The van der Waals surface area contributed by atoms with Crippen molar-refractivity contribution < 1.29 is 4.39 Å². The number of rotatable bonds is 1. The Morgan fingerprint density at radius 3 is 2.85 bits per heavy atom. The van der Waals surface area contributed by atoms with Crippen molar-refractivity contribution in [3.05, 3.63) is 65.1 Å². The van der Waals surface area contributed by atoms with Gasteiger partial charge in [0, 0.05) is 22.8 Å². The van der Waals surface area contributed by atoms with Gasteiger partial charge in [-0.15, -0.1) is 0 Å². The average molecular weight is 357 g/mol. The SMILES string of the molecule is N#Cc1cc([C@@H]2Nc3ccc4[nH]ccc4c3[C@H]3[C@@H]4CC[C@@H](C4)[C@H]32)ccc1F. The Morgan fingerprint density at radius 2 is 1.96 bits per heavy atom. The summed E-state index contributed by atoms with van der Waals surface area (Å²) >= 11 is 0. The number of benzene rings is 2. The summed E-state index contributed by atoms with van der Waals surface area (Å²) in [6.45, 7) is 0. The van der Waals surface area contributed by atoms with Crippen LogP contribution in [0.1, 0.15) is 47.9 Å². The van der Waals surface area contributed by atoms with Gasteiger partial charge in [0.25, 0.3) is 0 Å². The zero-order valence-corrected chi connectivity index (χ0v) is 14.9. The van der Waals surface area contributed by atoms with Gasteiger partial charge in [0.2, 0.25) is 0 Å². The van der Waals surface area contributed by atoms with Crippen LogP contribution >= 0.6 is 0 Å². The number of hydrogen-bond acceptors (Lipinski definition) is 2. The van der Waals surface area contributed by atoms with Gasteiger partial charge in [-0.3, -0.25) is 0 Å². The third-order valence-electron chi connectivity index (χ3n) is 7.26. The molecule has 5 atom stereocenters. The lowest BCUT2D eigenvalue weighted by Gasteiger charge is -2.44. The van der Waals surface area contributed by atoms with Crippen LogP contribution in [0.15, 0.2) is 42.6 Å². The van der Waals surface area contributed by atoms with E-state index in [1.807, 2.05) is 18.3 Å². The van der Waals surface area contributed by atoms with E-state index < -0.39 is 5.82 Å². The fraction of sp³-hybridized carbons (Fsp3) is 0.348. The van der Waals surface area contributed by atoms with Gasteiger partial charge in [-0.1, -0.05) is 6.07 Å². The Morgan fingerprint density at radius 1 is 1.07 bits per heavy atom. The zero-order chi connectivity index (χ0) is 18.1. The third-order valence-corrected chi connectivity index (χ3v) is 7.26. The smallest absolute Gasteiger partial charge is 0.140 e. The van der Waals surface area contributed by atoms with Crippen LogP contribution in [0.3, 0.4) is 0 Å². The number of nitrogens with zero attached hydrogens (tertiary/aromatic N) is 1. The maximum atomic E-state index is 13.9. The summed E-state index contributed by atoms with van der Waals surface area (Å²) in [7, 11) is 0. The minimum absolute atomic E-state index is 0.140. The summed E-state index contributed by atoms with van der Waals surface area (Å²) in [4.78, 5) is 3.35. The Balaban J connectivity index is 1.55. The molecule has 2 bridgehead atoms. The van der Waals surface area contributed by atoms with Gasteiger partial charge in [-0.2, -0.15) is 5.26 Å². The van der Waals surface area contributed by atoms with Crippen molar-refractivity contribution in [2.75, 3.05) is 5.32 Å². The molecule has 2 heterocycles. The summed E-state index contributed by atoms with van der Waals surface area (Å²) in [5.74, 6) is 2.06. The van der Waals surface area contributed by atoms with Crippen molar-refractivity contribution in [1.82, 2.24) is 4.98 Å². The quantitative estimate of drug-likeness (QED) is 0.606. The Bertz CT molecular complexity index is 1110.